The Morgan fingerprint density at radius 1 is 1.47 bits per heavy atom. The van der Waals surface area contributed by atoms with E-state index in [4.69, 9.17) is 10.5 Å². The molecule has 4 nitrogen and oxygen atoms in total. The number of rotatable bonds is 2. The highest BCUT2D eigenvalue weighted by molar-refractivity contribution is 5.84. The van der Waals surface area contributed by atoms with Crippen LogP contribution in [-0.2, 0) is 9.53 Å². The molecule has 0 bridgehead atoms. The first-order chi connectivity index (χ1) is 7.18. The lowest BCUT2D eigenvalue weighted by Gasteiger charge is -2.43. The second-order valence-corrected chi connectivity index (χ2v) is 4.95. The lowest BCUT2D eigenvalue weighted by molar-refractivity contribution is -0.171. The number of nitrogens with two attached hydrogens (primary N) is 1. The minimum Gasteiger partial charge on any atom is -0.379 e. The topological polar surface area (TPSA) is 55.6 Å². The first-order valence-corrected chi connectivity index (χ1v) is 5.75. The summed E-state index contributed by atoms with van der Waals surface area (Å²) >= 11 is 0. The van der Waals surface area contributed by atoms with E-state index in [1.165, 1.54) is 0 Å². The van der Waals surface area contributed by atoms with E-state index in [1.54, 1.807) is 0 Å². The highest BCUT2D eigenvalue weighted by Gasteiger charge is 2.47. The number of ether oxygens (including phenoxy) is 1. The standard InChI is InChI=1S/C11H20N2O2/c1-9-2-4-13(5-3-9)10(14)11(6-12)7-15-8-11/h9H,2-8,12H2,1H3. The second kappa shape index (κ2) is 4.10. The average Bonchev–Trinajstić information content (AvgIpc) is 2.18. The average molecular weight is 212 g/mol. The third-order valence-electron chi connectivity index (χ3n) is 3.67. The monoisotopic (exact) mass is 212 g/mol. The van der Waals surface area contributed by atoms with Crippen LogP contribution in [0.25, 0.3) is 0 Å². The summed E-state index contributed by atoms with van der Waals surface area (Å²) in [5, 5.41) is 0. The third kappa shape index (κ3) is 1.88. The normalized spacial score (nSPS) is 26.1. The highest BCUT2D eigenvalue weighted by atomic mass is 16.5. The van der Waals surface area contributed by atoms with Gasteiger partial charge in [0.2, 0.25) is 5.91 Å². The van der Waals surface area contributed by atoms with Gasteiger partial charge in [0.05, 0.1) is 13.2 Å². The third-order valence-corrected chi connectivity index (χ3v) is 3.67. The minimum atomic E-state index is -0.388. The van der Waals surface area contributed by atoms with E-state index < -0.39 is 0 Å². The highest BCUT2D eigenvalue weighted by Crippen LogP contribution is 2.30. The summed E-state index contributed by atoms with van der Waals surface area (Å²) in [5.41, 5.74) is 5.29. The van der Waals surface area contributed by atoms with Gasteiger partial charge in [-0.1, -0.05) is 6.92 Å². The van der Waals surface area contributed by atoms with Crippen LogP contribution in [-0.4, -0.2) is 43.7 Å². The van der Waals surface area contributed by atoms with Gasteiger partial charge in [-0.3, -0.25) is 4.79 Å². The van der Waals surface area contributed by atoms with Gasteiger partial charge >= 0.3 is 0 Å². The van der Waals surface area contributed by atoms with Crippen LogP contribution in [0.3, 0.4) is 0 Å². The molecule has 0 atom stereocenters. The van der Waals surface area contributed by atoms with Gasteiger partial charge in [-0.15, -0.1) is 0 Å². The van der Waals surface area contributed by atoms with Gasteiger partial charge < -0.3 is 15.4 Å². The van der Waals surface area contributed by atoms with E-state index >= 15 is 0 Å². The van der Waals surface area contributed by atoms with Crippen molar-refractivity contribution in [3.63, 3.8) is 0 Å². The predicted molar refractivity (Wildman–Crippen MR) is 57.3 cm³/mol. The van der Waals surface area contributed by atoms with Crippen molar-refractivity contribution in [1.29, 1.82) is 0 Å². The summed E-state index contributed by atoms with van der Waals surface area (Å²) in [6, 6.07) is 0. The molecule has 86 valence electrons. The first kappa shape index (κ1) is 10.9. The molecular weight excluding hydrogens is 192 g/mol. The zero-order chi connectivity index (χ0) is 10.9. The lowest BCUT2D eigenvalue weighted by Crippen LogP contribution is -2.60. The summed E-state index contributed by atoms with van der Waals surface area (Å²) in [6.07, 6.45) is 2.24. The van der Waals surface area contributed by atoms with Crippen molar-refractivity contribution in [2.45, 2.75) is 19.8 Å². The number of likely N-dealkylation sites (tertiary alicyclic amines) is 1. The van der Waals surface area contributed by atoms with Crippen molar-refractivity contribution < 1.29 is 9.53 Å². The molecule has 0 aromatic carbocycles. The summed E-state index contributed by atoms with van der Waals surface area (Å²) in [7, 11) is 0. The number of hydrogen-bond donors (Lipinski definition) is 1. The largest absolute Gasteiger partial charge is 0.379 e. The molecule has 2 fully saturated rings. The van der Waals surface area contributed by atoms with Crippen molar-refractivity contribution in [1.82, 2.24) is 4.90 Å². The molecule has 2 heterocycles. The second-order valence-electron chi connectivity index (χ2n) is 4.95. The lowest BCUT2D eigenvalue weighted by atomic mass is 9.83. The van der Waals surface area contributed by atoms with E-state index in [2.05, 4.69) is 6.92 Å². The van der Waals surface area contributed by atoms with E-state index in [-0.39, 0.29) is 11.3 Å². The molecule has 0 aromatic heterocycles. The molecule has 2 saturated heterocycles. The van der Waals surface area contributed by atoms with Gasteiger partial charge in [-0.25, -0.2) is 0 Å². The van der Waals surface area contributed by atoms with E-state index in [0.717, 1.165) is 31.8 Å². The Morgan fingerprint density at radius 3 is 2.47 bits per heavy atom. The predicted octanol–water partition coefficient (Wildman–Crippen LogP) is 0.220. The Labute approximate surface area is 90.8 Å². The minimum absolute atomic E-state index is 0.211. The maximum absolute atomic E-state index is 12.2. The molecule has 4 heteroatoms. The van der Waals surface area contributed by atoms with Crippen LogP contribution in [0, 0.1) is 11.3 Å². The first-order valence-electron chi connectivity index (χ1n) is 5.75. The fourth-order valence-electron chi connectivity index (χ4n) is 2.22. The van der Waals surface area contributed by atoms with Crippen LogP contribution >= 0.6 is 0 Å². The maximum atomic E-state index is 12.2. The SMILES string of the molecule is CC1CCN(C(=O)C2(CN)COC2)CC1. The van der Waals surface area contributed by atoms with Crippen LogP contribution in [0.4, 0.5) is 0 Å². The summed E-state index contributed by atoms with van der Waals surface area (Å²) in [6.45, 7) is 5.46. The smallest absolute Gasteiger partial charge is 0.234 e. The van der Waals surface area contributed by atoms with Crippen molar-refractivity contribution in [3.05, 3.63) is 0 Å². The van der Waals surface area contributed by atoms with Gasteiger partial charge in [0.1, 0.15) is 5.41 Å². The van der Waals surface area contributed by atoms with Gasteiger partial charge in [0.25, 0.3) is 0 Å². The zero-order valence-corrected chi connectivity index (χ0v) is 9.37. The van der Waals surface area contributed by atoms with E-state index in [0.29, 0.717) is 19.8 Å². The van der Waals surface area contributed by atoms with Gasteiger partial charge in [0, 0.05) is 19.6 Å². The Hall–Kier alpha value is -0.610. The molecule has 2 aliphatic rings. The van der Waals surface area contributed by atoms with E-state index in [1.807, 2.05) is 4.90 Å². The molecule has 0 aromatic rings. The molecular formula is C11H20N2O2. The molecule has 0 spiro atoms. The Kier molecular flexibility index (Phi) is 2.98. The number of carbonyl (C=O) groups is 1. The molecule has 2 rings (SSSR count). The quantitative estimate of drug-likeness (QED) is 0.712. The Morgan fingerprint density at radius 2 is 2.07 bits per heavy atom. The number of carbonyl (C=O) groups excluding carboxylic acids is 1. The van der Waals surface area contributed by atoms with Gasteiger partial charge in [-0.05, 0) is 18.8 Å². The number of hydrogen-bond acceptors (Lipinski definition) is 3. The zero-order valence-electron chi connectivity index (χ0n) is 9.37. The molecule has 15 heavy (non-hydrogen) atoms. The van der Waals surface area contributed by atoms with Crippen molar-refractivity contribution in [3.8, 4) is 0 Å². The van der Waals surface area contributed by atoms with Crippen molar-refractivity contribution in [2.75, 3.05) is 32.8 Å². The van der Waals surface area contributed by atoms with Crippen LogP contribution in [0.2, 0.25) is 0 Å². The molecule has 0 aliphatic carbocycles. The Balaban J connectivity index is 1.95. The Bertz CT molecular complexity index is 237. The van der Waals surface area contributed by atoms with Crippen LogP contribution < -0.4 is 5.73 Å². The maximum Gasteiger partial charge on any atom is 0.234 e. The van der Waals surface area contributed by atoms with Gasteiger partial charge in [-0.2, -0.15) is 0 Å². The molecule has 2 aliphatic heterocycles. The van der Waals surface area contributed by atoms with Gasteiger partial charge in [0.15, 0.2) is 0 Å². The fraction of sp³-hybridized carbons (Fsp3) is 0.909. The molecule has 0 saturated carbocycles. The van der Waals surface area contributed by atoms with Crippen LogP contribution in [0.5, 0.6) is 0 Å². The molecule has 0 unspecified atom stereocenters. The summed E-state index contributed by atoms with van der Waals surface area (Å²) in [4.78, 5) is 14.2. The number of amides is 1. The van der Waals surface area contributed by atoms with Crippen molar-refractivity contribution in [2.24, 2.45) is 17.1 Å². The summed E-state index contributed by atoms with van der Waals surface area (Å²) in [5.74, 6) is 0.962. The van der Waals surface area contributed by atoms with Crippen LogP contribution in [0.1, 0.15) is 19.8 Å². The fourth-order valence-corrected chi connectivity index (χ4v) is 2.22. The molecule has 1 amide bonds. The molecule has 2 N–H and O–H groups in total. The summed E-state index contributed by atoms with van der Waals surface area (Å²) < 4.78 is 5.13. The molecule has 0 radical (unpaired) electrons. The number of piperidine rings is 1. The van der Waals surface area contributed by atoms with Crippen LogP contribution in [0.15, 0.2) is 0 Å². The number of nitrogens with zero attached hydrogens (tertiary/aromatic N) is 1. The van der Waals surface area contributed by atoms with Crippen molar-refractivity contribution >= 4 is 5.91 Å². The van der Waals surface area contributed by atoms with E-state index in [9.17, 15) is 4.79 Å².